The molecule has 2 heterocycles. The van der Waals surface area contributed by atoms with Crippen LogP contribution in [0.15, 0.2) is 60.8 Å². The second-order valence-electron chi connectivity index (χ2n) is 7.56. The van der Waals surface area contributed by atoms with Crippen LogP contribution in [-0.2, 0) is 0 Å². The van der Waals surface area contributed by atoms with Crippen LogP contribution in [0.3, 0.4) is 0 Å². The fourth-order valence-corrected chi connectivity index (χ4v) is 3.73. The molecule has 0 unspecified atom stereocenters. The highest BCUT2D eigenvalue weighted by atomic mass is 19.1. The minimum Gasteiger partial charge on any atom is -0.336 e. The third-order valence-corrected chi connectivity index (χ3v) is 5.67. The molecule has 4 rings (SSSR count). The highest BCUT2D eigenvalue weighted by Gasteiger charge is 2.26. The number of aromatic nitrogens is 2. The number of halogens is 1. The summed E-state index contributed by atoms with van der Waals surface area (Å²) in [5.74, 6) is 0.594. The Balaban J connectivity index is 1.71. The van der Waals surface area contributed by atoms with Gasteiger partial charge < -0.3 is 14.7 Å². The van der Waals surface area contributed by atoms with Crippen molar-refractivity contribution in [1.82, 2.24) is 19.8 Å². The predicted molar refractivity (Wildman–Crippen MR) is 120 cm³/mol. The Morgan fingerprint density at radius 3 is 2.35 bits per heavy atom. The van der Waals surface area contributed by atoms with E-state index in [0.29, 0.717) is 35.9 Å². The van der Waals surface area contributed by atoms with Gasteiger partial charge >= 0.3 is 0 Å². The zero-order valence-corrected chi connectivity index (χ0v) is 17.8. The van der Waals surface area contributed by atoms with Gasteiger partial charge in [-0.1, -0.05) is 25.1 Å². The largest absolute Gasteiger partial charge is 0.336 e. The van der Waals surface area contributed by atoms with E-state index in [9.17, 15) is 9.18 Å². The number of nitrogens with zero attached hydrogens (tertiary/aromatic N) is 5. The van der Waals surface area contributed by atoms with Crippen LogP contribution in [0.1, 0.15) is 17.3 Å². The summed E-state index contributed by atoms with van der Waals surface area (Å²) in [6, 6.07) is 15.8. The monoisotopic (exact) mass is 419 g/mol. The Labute approximate surface area is 182 Å². The molecule has 1 aliphatic heterocycles. The number of carbonyl (C=O) groups is 1. The van der Waals surface area contributed by atoms with Crippen LogP contribution in [0.5, 0.6) is 0 Å². The molecule has 1 aliphatic rings. The van der Waals surface area contributed by atoms with Crippen LogP contribution in [0.2, 0.25) is 0 Å². The van der Waals surface area contributed by atoms with E-state index in [-0.39, 0.29) is 11.7 Å². The minimum atomic E-state index is -0.316. The number of likely N-dealkylation sites (N-methyl/N-ethyl adjacent to an activating group) is 1. The highest BCUT2D eigenvalue weighted by molar-refractivity contribution is 5.99. The van der Waals surface area contributed by atoms with Crippen molar-refractivity contribution < 1.29 is 9.18 Å². The molecule has 0 N–H and O–H groups in total. The molecule has 7 heteroatoms. The van der Waals surface area contributed by atoms with Crippen molar-refractivity contribution in [2.24, 2.45) is 0 Å². The first-order chi connectivity index (χ1) is 15.1. The first kappa shape index (κ1) is 20.9. The Hall–Kier alpha value is -3.32. The van der Waals surface area contributed by atoms with E-state index in [1.54, 1.807) is 18.3 Å². The van der Waals surface area contributed by atoms with Crippen molar-refractivity contribution in [1.29, 1.82) is 0 Å². The summed E-state index contributed by atoms with van der Waals surface area (Å²) in [5, 5.41) is 0. The van der Waals surface area contributed by atoms with Crippen LogP contribution >= 0.6 is 0 Å². The standard InChI is InChI=1S/C24H26FN5O/c1-3-29-13-15-30(16-14-29)24(31)21-17-26-22(18-9-11-19(25)12-10-18)27-23(21)28(2)20-7-5-4-6-8-20/h4-12,17H,3,13-16H2,1-2H3. The molecule has 31 heavy (non-hydrogen) atoms. The predicted octanol–water partition coefficient (Wildman–Crippen LogP) is 3.83. The Bertz CT molecular complexity index is 1030. The van der Waals surface area contributed by atoms with E-state index in [1.807, 2.05) is 47.2 Å². The van der Waals surface area contributed by atoms with Gasteiger partial charge in [0.2, 0.25) is 0 Å². The Morgan fingerprint density at radius 2 is 1.71 bits per heavy atom. The molecule has 0 spiro atoms. The van der Waals surface area contributed by atoms with Gasteiger partial charge in [-0.2, -0.15) is 0 Å². The van der Waals surface area contributed by atoms with E-state index in [1.165, 1.54) is 12.1 Å². The normalized spacial score (nSPS) is 14.5. The number of piperazine rings is 1. The van der Waals surface area contributed by atoms with Crippen LogP contribution in [0, 0.1) is 5.82 Å². The number of anilines is 2. The molecule has 0 atom stereocenters. The zero-order valence-electron chi connectivity index (χ0n) is 17.8. The summed E-state index contributed by atoms with van der Waals surface area (Å²) in [5.41, 5.74) is 2.07. The quantitative estimate of drug-likeness (QED) is 0.629. The maximum absolute atomic E-state index is 13.4. The Morgan fingerprint density at radius 1 is 1.03 bits per heavy atom. The molecular weight excluding hydrogens is 393 g/mol. The summed E-state index contributed by atoms with van der Waals surface area (Å²) < 4.78 is 13.4. The lowest BCUT2D eigenvalue weighted by atomic mass is 10.1. The van der Waals surface area contributed by atoms with E-state index in [2.05, 4.69) is 16.8 Å². The lowest BCUT2D eigenvalue weighted by Gasteiger charge is -2.34. The fraction of sp³-hybridized carbons (Fsp3) is 0.292. The van der Waals surface area contributed by atoms with Gasteiger partial charge in [0.1, 0.15) is 17.2 Å². The summed E-state index contributed by atoms with van der Waals surface area (Å²) in [6.45, 7) is 6.20. The number of para-hydroxylation sites is 1. The van der Waals surface area contributed by atoms with Gasteiger partial charge in [-0.05, 0) is 42.9 Å². The van der Waals surface area contributed by atoms with Crippen LogP contribution in [0.4, 0.5) is 15.9 Å². The van der Waals surface area contributed by atoms with Crippen molar-refractivity contribution in [3.8, 4) is 11.4 Å². The lowest BCUT2D eigenvalue weighted by molar-refractivity contribution is 0.0643. The van der Waals surface area contributed by atoms with Crippen molar-refractivity contribution >= 4 is 17.4 Å². The van der Waals surface area contributed by atoms with Crippen LogP contribution < -0.4 is 4.90 Å². The molecule has 1 saturated heterocycles. The summed E-state index contributed by atoms with van der Waals surface area (Å²) in [4.78, 5) is 28.7. The third-order valence-electron chi connectivity index (χ3n) is 5.67. The van der Waals surface area contributed by atoms with E-state index >= 15 is 0 Å². The first-order valence-electron chi connectivity index (χ1n) is 10.5. The molecule has 0 aliphatic carbocycles. The van der Waals surface area contributed by atoms with Gasteiger partial charge in [-0.15, -0.1) is 0 Å². The summed E-state index contributed by atoms with van der Waals surface area (Å²) in [6.07, 6.45) is 1.59. The van der Waals surface area contributed by atoms with Gasteiger partial charge in [-0.25, -0.2) is 14.4 Å². The molecular formula is C24H26FN5O. The lowest BCUT2D eigenvalue weighted by Crippen LogP contribution is -2.48. The average molecular weight is 420 g/mol. The fourth-order valence-electron chi connectivity index (χ4n) is 3.73. The summed E-state index contributed by atoms with van der Waals surface area (Å²) >= 11 is 0. The topological polar surface area (TPSA) is 52.6 Å². The maximum atomic E-state index is 13.4. The molecule has 0 bridgehead atoms. The molecule has 1 fully saturated rings. The van der Waals surface area contributed by atoms with Crippen molar-refractivity contribution in [2.75, 3.05) is 44.7 Å². The second-order valence-corrected chi connectivity index (χ2v) is 7.56. The van der Waals surface area contributed by atoms with E-state index < -0.39 is 0 Å². The number of hydrogen-bond donors (Lipinski definition) is 0. The van der Waals surface area contributed by atoms with Gasteiger partial charge in [0, 0.05) is 50.7 Å². The number of rotatable bonds is 5. The van der Waals surface area contributed by atoms with E-state index in [4.69, 9.17) is 4.98 Å². The van der Waals surface area contributed by atoms with Gasteiger partial charge in [-0.3, -0.25) is 4.79 Å². The first-order valence-corrected chi connectivity index (χ1v) is 10.5. The molecule has 1 aromatic heterocycles. The zero-order chi connectivity index (χ0) is 21.8. The molecule has 0 radical (unpaired) electrons. The van der Waals surface area contributed by atoms with Crippen LogP contribution in [0.25, 0.3) is 11.4 Å². The van der Waals surface area contributed by atoms with Crippen molar-refractivity contribution in [2.45, 2.75) is 6.92 Å². The molecule has 6 nitrogen and oxygen atoms in total. The number of amides is 1. The molecule has 1 amide bonds. The van der Waals surface area contributed by atoms with Gasteiger partial charge in [0.15, 0.2) is 5.82 Å². The summed E-state index contributed by atoms with van der Waals surface area (Å²) in [7, 11) is 1.89. The van der Waals surface area contributed by atoms with Gasteiger partial charge in [0.05, 0.1) is 0 Å². The van der Waals surface area contributed by atoms with Crippen molar-refractivity contribution in [3.63, 3.8) is 0 Å². The second kappa shape index (κ2) is 9.22. The number of hydrogen-bond acceptors (Lipinski definition) is 5. The Kier molecular flexibility index (Phi) is 6.23. The minimum absolute atomic E-state index is 0.0702. The highest BCUT2D eigenvalue weighted by Crippen LogP contribution is 2.28. The number of carbonyl (C=O) groups excluding carboxylic acids is 1. The smallest absolute Gasteiger partial charge is 0.259 e. The third kappa shape index (κ3) is 4.56. The molecule has 3 aromatic rings. The number of benzene rings is 2. The molecule has 2 aromatic carbocycles. The maximum Gasteiger partial charge on any atom is 0.259 e. The average Bonchev–Trinajstić information content (AvgIpc) is 2.84. The van der Waals surface area contributed by atoms with Crippen LogP contribution in [-0.4, -0.2) is 65.4 Å². The van der Waals surface area contributed by atoms with E-state index in [0.717, 1.165) is 25.3 Å². The van der Waals surface area contributed by atoms with Crippen molar-refractivity contribution in [3.05, 3.63) is 72.2 Å². The molecule has 160 valence electrons. The van der Waals surface area contributed by atoms with Gasteiger partial charge in [0.25, 0.3) is 5.91 Å². The SMILES string of the molecule is CCN1CCN(C(=O)c2cnc(-c3ccc(F)cc3)nc2N(C)c2ccccc2)CC1. The molecule has 0 saturated carbocycles.